The Morgan fingerprint density at radius 2 is 1.90 bits per heavy atom. The van der Waals surface area contributed by atoms with Gasteiger partial charge in [0, 0.05) is 17.5 Å². The van der Waals surface area contributed by atoms with E-state index in [2.05, 4.69) is 5.32 Å². The van der Waals surface area contributed by atoms with E-state index in [-0.39, 0.29) is 0 Å². The number of fused-ring (bicyclic) bond motifs is 1. The van der Waals surface area contributed by atoms with E-state index in [1.54, 1.807) is 0 Å². The van der Waals surface area contributed by atoms with Crippen LogP contribution in [0.2, 0.25) is 10.2 Å². The average molecular weight is 306 g/mol. The van der Waals surface area contributed by atoms with Gasteiger partial charge in [0.2, 0.25) is 0 Å². The Morgan fingerprint density at radius 3 is 2.75 bits per heavy atom. The molecule has 1 aromatic heterocycles. The van der Waals surface area contributed by atoms with Gasteiger partial charge in [-0.25, -0.2) is 0 Å². The molecule has 2 nitrogen and oxygen atoms in total. The molecule has 4 heteroatoms. The minimum Gasteiger partial charge on any atom is -0.444 e. The Bertz CT molecular complexity index is 764. The fraction of sp³-hybridized carbons (Fsp3) is 0.125. The number of aryl methyl sites for hydroxylation is 1. The Morgan fingerprint density at radius 1 is 1.10 bits per heavy atom. The quantitative estimate of drug-likeness (QED) is 0.675. The van der Waals surface area contributed by atoms with Crippen LogP contribution in [0.4, 0.5) is 5.69 Å². The van der Waals surface area contributed by atoms with Crippen molar-refractivity contribution in [2.24, 2.45) is 0 Å². The minimum atomic E-state index is 0.419. The molecule has 0 aliphatic heterocycles. The van der Waals surface area contributed by atoms with Gasteiger partial charge in [0.1, 0.15) is 5.58 Å². The highest BCUT2D eigenvalue weighted by Crippen LogP contribution is 2.31. The van der Waals surface area contributed by atoms with Crippen LogP contribution in [0.1, 0.15) is 11.1 Å². The molecule has 1 heterocycles. The zero-order valence-corrected chi connectivity index (χ0v) is 12.4. The van der Waals surface area contributed by atoms with Gasteiger partial charge in [-0.15, -0.1) is 0 Å². The standard InChI is InChI=1S/C16H13Cl2NO/c1-10-6-7-13(17)14(8-10)19-9-12-11-4-2-3-5-15(11)20-16(12)18/h2-8,19H,9H2,1H3. The summed E-state index contributed by atoms with van der Waals surface area (Å²) in [5.41, 5.74) is 3.79. The summed E-state index contributed by atoms with van der Waals surface area (Å²) in [4.78, 5) is 0. The Balaban J connectivity index is 1.90. The highest BCUT2D eigenvalue weighted by atomic mass is 35.5. The van der Waals surface area contributed by atoms with E-state index in [0.717, 1.165) is 27.8 Å². The maximum absolute atomic E-state index is 6.18. The number of nitrogens with one attached hydrogen (secondary N) is 1. The van der Waals surface area contributed by atoms with Crippen molar-refractivity contribution in [3.63, 3.8) is 0 Å². The van der Waals surface area contributed by atoms with Gasteiger partial charge in [-0.3, -0.25) is 0 Å². The first kappa shape index (κ1) is 13.3. The summed E-state index contributed by atoms with van der Waals surface area (Å²) in [6.45, 7) is 2.60. The highest BCUT2D eigenvalue weighted by Gasteiger charge is 2.12. The second kappa shape index (κ2) is 5.39. The van der Waals surface area contributed by atoms with Gasteiger partial charge in [-0.2, -0.15) is 0 Å². The highest BCUT2D eigenvalue weighted by molar-refractivity contribution is 6.33. The first-order valence-corrected chi connectivity index (χ1v) is 7.06. The largest absolute Gasteiger partial charge is 0.444 e. The van der Waals surface area contributed by atoms with Crippen LogP contribution in [0.25, 0.3) is 11.0 Å². The van der Waals surface area contributed by atoms with E-state index in [4.69, 9.17) is 27.6 Å². The van der Waals surface area contributed by atoms with Crippen LogP contribution in [0, 0.1) is 6.92 Å². The van der Waals surface area contributed by atoms with E-state index in [0.29, 0.717) is 16.8 Å². The van der Waals surface area contributed by atoms with Crippen molar-refractivity contribution < 1.29 is 4.42 Å². The van der Waals surface area contributed by atoms with Crippen LogP contribution in [-0.2, 0) is 6.54 Å². The Labute approximate surface area is 127 Å². The van der Waals surface area contributed by atoms with Gasteiger partial charge < -0.3 is 9.73 Å². The molecule has 0 atom stereocenters. The number of halogens is 2. The molecule has 1 N–H and O–H groups in total. The normalized spacial score (nSPS) is 10.9. The first-order chi connectivity index (χ1) is 9.65. The Kier molecular flexibility index (Phi) is 3.60. The maximum Gasteiger partial charge on any atom is 0.199 e. The summed E-state index contributed by atoms with van der Waals surface area (Å²) in [7, 11) is 0. The van der Waals surface area contributed by atoms with Crippen molar-refractivity contribution >= 4 is 39.9 Å². The molecular weight excluding hydrogens is 293 g/mol. The minimum absolute atomic E-state index is 0.419. The molecule has 0 radical (unpaired) electrons. The smallest absolute Gasteiger partial charge is 0.199 e. The molecule has 2 aromatic carbocycles. The number of furan rings is 1. The van der Waals surface area contributed by atoms with Crippen LogP contribution in [0.15, 0.2) is 46.9 Å². The third-order valence-electron chi connectivity index (χ3n) is 3.23. The number of rotatable bonds is 3. The number of para-hydroxylation sites is 1. The molecule has 0 bridgehead atoms. The summed E-state index contributed by atoms with van der Waals surface area (Å²) < 4.78 is 5.53. The molecular formula is C16H13Cl2NO. The number of benzene rings is 2. The molecule has 0 amide bonds. The lowest BCUT2D eigenvalue weighted by molar-refractivity contribution is 0.613. The molecule has 0 aliphatic rings. The van der Waals surface area contributed by atoms with Crippen LogP contribution in [0.5, 0.6) is 0 Å². The third kappa shape index (κ3) is 2.49. The molecule has 0 saturated carbocycles. The van der Waals surface area contributed by atoms with Gasteiger partial charge in [0.15, 0.2) is 5.22 Å². The summed E-state index contributed by atoms with van der Waals surface area (Å²) in [6, 6.07) is 13.7. The lowest BCUT2D eigenvalue weighted by Crippen LogP contribution is -2.00. The van der Waals surface area contributed by atoms with Crippen LogP contribution < -0.4 is 5.32 Å². The second-order valence-electron chi connectivity index (χ2n) is 4.69. The average Bonchev–Trinajstić information content (AvgIpc) is 2.75. The van der Waals surface area contributed by atoms with Gasteiger partial charge in [0.05, 0.1) is 10.7 Å². The third-order valence-corrected chi connectivity index (χ3v) is 3.86. The van der Waals surface area contributed by atoms with Gasteiger partial charge in [-0.05, 0) is 42.3 Å². The van der Waals surface area contributed by atoms with Gasteiger partial charge in [0.25, 0.3) is 0 Å². The van der Waals surface area contributed by atoms with Crippen molar-refractivity contribution in [2.75, 3.05) is 5.32 Å². The van der Waals surface area contributed by atoms with E-state index in [9.17, 15) is 0 Å². The van der Waals surface area contributed by atoms with Crippen molar-refractivity contribution in [3.05, 3.63) is 63.8 Å². The van der Waals surface area contributed by atoms with E-state index < -0.39 is 0 Å². The molecule has 0 aliphatic carbocycles. The summed E-state index contributed by atoms with van der Waals surface area (Å²) in [5.74, 6) is 0. The summed E-state index contributed by atoms with van der Waals surface area (Å²) in [5, 5.41) is 5.45. The summed E-state index contributed by atoms with van der Waals surface area (Å²) in [6.07, 6.45) is 0. The second-order valence-corrected chi connectivity index (χ2v) is 5.44. The van der Waals surface area contributed by atoms with Gasteiger partial charge in [-0.1, -0.05) is 35.9 Å². The fourth-order valence-electron chi connectivity index (χ4n) is 2.19. The molecule has 3 rings (SSSR count). The molecule has 102 valence electrons. The van der Waals surface area contributed by atoms with E-state index >= 15 is 0 Å². The topological polar surface area (TPSA) is 25.2 Å². The summed E-state index contributed by atoms with van der Waals surface area (Å²) >= 11 is 12.3. The van der Waals surface area contributed by atoms with Crippen LogP contribution in [0.3, 0.4) is 0 Å². The Hall–Kier alpha value is -1.64. The van der Waals surface area contributed by atoms with Crippen molar-refractivity contribution in [2.45, 2.75) is 13.5 Å². The maximum atomic E-state index is 6.18. The fourth-order valence-corrected chi connectivity index (χ4v) is 2.63. The molecule has 0 spiro atoms. The predicted octanol–water partition coefficient (Wildman–Crippen LogP) is 5.66. The monoisotopic (exact) mass is 305 g/mol. The number of anilines is 1. The number of hydrogen-bond donors (Lipinski definition) is 1. The lowest BCUT2D eigenvalue weighted by atomic mass is 10.1. The van der Waals surface area contributed by atoms with E-state index in [1.807, 2.05) is 49.4 Å². The molecule has 20 heavy (non-hydrogen) atoms. The molecule has 0 fully saturated rings. The zero-order chi connectivity index (χ0) is 14.1. The first-order valence-electron chi connectivity index (χ1n) is 6.31. The molecule has 3 aromatic rings. The van der Waals surface area contributed by atoms with Crippen LogP contribution >= 0.6 is 23.2 Å². The van der Waals surface area contributed by atoms with E-state index in [1.165, 1.54) is 0 Å². The SMILES string of the molecule is Cc1ccc(Cl)c(NCc2c(Cl)oc3ccccc23)c1. The van der Waals surface area contributed by atoms with Crippen molar-refractivity contribution in [1.29, 1.82) is 0 Å². The zero-order valence-electron chi connectivity index (χ0n) is 10.9. The molecule has 0 saturated heterocycles. The molecule has 0 unspecified atom stereocenters. The van der Waals surface area contributed by atoms with Crippen LogP contribution in [-0.4, -0.2) is 0 Å². The van der Waals surface area contributed by atoms with Crippen molar-refractivity contribution in [1.82, 2.24) is 0 Å². The lowest BCUT2D eigenvalue weighted by Gasteiger charge is -2.08. The number of hydrogen-bond acceptors (Lipinski definition) is 2. The predicted molar refractivity (Wildman–Crippen MR) is 84.7 cm³/mol. The van der Waals surface area contributed by atoms with Gasteiger partial charge >= 0.3 is 0 Å². The van der Waals surface area contributed by atoms with Crippen molar-refractivity contribution in [3.8, 4) is 0 Å².